The molecule has 0 spiro atoms. The Morgan fingerprint density at radius 3 is 2.72 bits per heavy atom. The van der Waals surface area contributed by atoms with E-state index in [1.165, 1.54) is 31.3 Å². The molecule has 1 atom stereocenters. The summed E-state index contributed by atoms with van der Waals surface area (Å²) in [6.45, 7) is 1.90. The Bertz CT molecular complexity index is 437. The first kappa shape index (κ1) is 13.3. The molecule has 0 aliphatic heterocycles. The molecule has 0 bridgehead atoms. The van der Waals surface area contributed by atoms with Gasteiger partial charge in [0.25, 0.3) is 0 Å². The molecule has 0 heterocycles. The van der Waals surface area contributed by atoms with E-state index in [2.05, 4.69) is 6.08 Å². The molecule has 2 N–H and O–H groups in total. The molecule has 1 aromatic carbocycles. The Morgan fingerprint density at radius 2 is 1.94 bits per heavy atom. The van der Waals surface area contributed by atoms with Gasteiger partial charge in [0.2, 0.25) is 0 Å². The first-order chi connectivity index (χ1) is 8.68. The lowest BCUT2D eigenvalue weighted by atomic mass is 9.91. The number of hydrogen-bond acceptors (Lipinski definition) is 1. The quantitative estimate of drug-likeness (QED) is 0.769. The smallest absolute Gasteiger partial charge is 0.128 e. The van der Waals surface area contributed by atoms with E-state index in [-0.39, 0.29) is 11.9 Å². The van der Waals surface area contributed by atoms with Crippen molar-refractivity contribution in [3.05, 3.63) is 46.8 Å². The van der Waals surface area contributed by atoms with E-state index in [0.717, 1.165) is 18.4 Å². The Morgan fingerprint density at radius 1 is 1.17 bits per heavy atom. The third kappa shape index (κ3) is 3.20. The Hall–Kier alpha value is -1.15. The molecule has 0 fully saturated rings. The highest BCUT2D eigenvalue weighted by molar-refractivity contribution is 5.31. The molecule has 1 aliphatic carbocycles. The second-order valence-corrected chi connectivity index (χ2v) is 5.23. The van der Waals surface area contributed by atoms with Gasteiger partial charge < -0.3 is 5.73 Å². The van der Waals surface area contributed by atoms with Crippen molar-refractivity contribution in [1.82, 2.24) is 0 Å². The SMILES string of the molecule is Cc1ccc(C(N)/C2=C/CCCCCC2)c(F)c1. The predicted octanol–water partition coefficient (Wildman–Crippen LogP) is 4.41. The molecule has 18 heavy (non-hydrogen) atoms. The highest BCUT2D eigenvalue weighted by atomic mass is 19.1. The van der Waals surface area contributed by atoms with Crippen molar-refractivity contribution in [2.75, 3.05) is 0 Å². The standard InChI is InChI=1S/C16H22FN/c1-12-9-10-14(15(17)11-12)16(18)13-7-5-3-2-4-6-8-13/h7,9-11,16H,2-6,8,18H2,1H3/b13-7+. The average molecular weight is 247 g/mol. The van der Waals surface area contributed by atoms with E-state index in [4.69, 9.17) is 5.73 Å². The van der Waals surface area contributed by atoms with Crippen LogP contribution in [0.1, 0.15) is 55.7 Å². The van der Waals surface area contributed by atoms with Crippen LogP contribution in [-0.2, 0) is 0 Å². The normalized spacial score (nSPS) is 21.6. The lowest BCUT2D eigenvalue weighted by molar-refractivity contribution is 0.573. The minimum atomic E-state index is -0.274. The maximum Gasteiger partial charge on any atom is 0.128 e. The molecular formula is C16H22FN. The zero-order chi connectivity index (χ0) is 13.0. The number of aryl methyl sites for hydroxylation is 1. The van der Waals surface area contributed by atoms with E-state index in [9.17, 15) is 4.39 Å². The molecule has 1 aliphatic rings. The number of hydrogen-bond donors (Lipinski definition) is 1. The van der Waals surface area contributed by atoms with Crippen LogP contribution in [0.3, 0.4) is 0 Å². The van der Waals surface area contributed by atoms with Gasteiger partial charge in [-0.1, -0.05) is 36.6 Å². The number of benzene rings is 1. The van der Waals surface area contributed by atoms with E-state index in [1.54, 1.807) is 6.07 Å². The molecule has 98 valence electrons. The van der Waals surface area contributed by atoms with Crippen LogP contribution in [0.5, 0.6) is 0 Å². The topological polar surface area (TPSA) is 26.0 Å². The van der Waals surface area contributed by atoms with Gasteiger partial charge in [0.05, 0.1) is 6.04 Å². The van der Waals surface area contributed by atoms with E-state index < -0.39 is 0 Å². The van der Waals surface area contributed by atoms with Gasteiger partial charge in [-0.25, -0.2) is 4.39 Å². The summed E-state index contributed by atoms with van der Waals surface area (Å²) in [4.78, 5) is 0. The second kappa shape index (κ2) is 6.14. The van der Waals surface area contributed by atoms with E-state index >= 15 is 0 Å². The summed E-state index contributed by atoms with van der Waals surface area (Å²) in [5.74, 6) is -0.176. The number of nitrogens with two attached hydrogens (primary N) is 1. The zero-order valence-corrected chi connectivity index (χ0v) is 11.1. The van der Waals surface area contributed by atoms with Crippen molar-refractivity contribution < 1.29 is 4.39 Å². The van der Waals surface area contributed by atoms with Gasteiger partial charge in [0.1, 0.15) is 5.82 Å². The minimum Gasteiger partial charge on any atom is -0.320 e. The maximum atomic E-state index is 13.9. The third-order valence-corrected chi connectivity index (χ3v) is 3.72. The Balaban J connectivity index is 2.20. The van der Waals surface area contributed by atoms with Crippen molar-refractivity contribution in [3.8, 4) is 0 Å². The van der Waals surface area contributed by atoms with Crippen LogP contribution in [0.15, 0.2) is 29.8 Å². The number of rotatable bonds is 2. The van der Waals surface area contributed by atoms with Gasteiger partial charge in [-0.05, 0) is 44.2 Å². The van der Waals surface area contributed by atoms with Gasteiger partial charge in [-0.15, -0.1) is 0 Å². The third-order valence-electron chi connectivity index (χ3n) is 3.72. The highest BCUT2D eigenvalue weighted by Crippen LogP contribution is 2.28. The maximum absolute atomic E-state index is 13.9. The summed E-state index contributed by atoms with van der Waals surface area (Å²) in [5.41, 5.74) is 9.01. The van der Waals surface area contributed by atoms with Crippen LogP contribution in [0.2, 0.25) is 0 Å². The second-order valence-electron chi connectivity index (χ2n) is 5.23. The largest absolute Gasteiger partial charge is 0.320 e. The molecule has 0 radical (unpaired) electrons. The molecule has 1 nitrogen and oxygen atoms in total. The van der Waals surface area contributed by atoms with Crippen LogP contribution in [-0.4, -0.2) is 0 Å². The summed E-state index contributed by atoms with van der Waals surface area (Å²) < 4.78 is 13.9. The van der Waals surface area contributed by atoms with Crippen molar-refractivity contribution in [1.29, 1.82) is 0 Å². The summed E-state index contributed by atoms with van der Waals surface area (Å²) in [6.07, 6.45) is 9.28. The van der Waals surface area contributed by atoms with E-state index in [1.807, 2.05) is 19.1 Å². The van der Waals surface area contributed by atoms with Crippen LogP contribution in [0, 0.1) is 12.7 Å². The van der Waals surface area contributed by atoms with Gasteiger partial charge in [-0.2, -0.15) is 0 Å². The first-order valence-corrected chi connectivity index (χ1v) is 6.89. The summed E-state index contributed by atoms with van der Waals surface area (Å²) >= 11 is 0. The van der Waals surface area contributed by atoms with Gasteiger partial charge in [0, 0.05) is 5.56 Å². The average Bonchev–Trinajstić information content (AvgIpc) is 2.27. The van der Waals surface area contributed by atoms with Crippen molar-refractivity contribution in [2.45, 2.75) is 51.5 Å². The monoisotopic (exact) mass is 247 g/mol. The van der Waals surface area contributed by atoms with Crippen molar-refractivity contribution in [3.63, 3.8) is 0 Å². The molecule has 2 rings (SSSR count). The number of allylic oxidation sites excluding steroid dienone is 1. The van der Waals surface area contributed by atoms with Crippen molar-refractivity contribution in [2.24, 2.45) is 5.73 Å². The predicted molar refractivity (Wildman–Crippen MR) is 73.9 cm³/mol. The lowest BCUT2D eigenvalue weighted by Gasteiger charge is -2.19. The first-order valence-electron chi connectivity index (χ1n) is 6.89. The lowest BCUT2D eigenvalue weighted by Crippen LogP contribution is -2.15. The van der Waals surface area contributed by atoms with E-state index in [0.29, 0.717) is 5.56 Å². The minimum absolute atomic E-state index is 0.176. The fourth-order valence-electron chi connectivity index (χ4n) is 2.58. The Labute approximate surface area is 109 Å². The molecule has 1 unspecified atom stereocenters. The van der Waals surface area contributed by atoms with Gasteiger partial charge >= 0.3 is 0 Å². The summed E-state index contributed by atoms with van der Waals surface area (Å²) in [5, 5.41) is 0. The van der Waals surface area contributed by atoms with Gasteiger partial charge in [-0.3, -0.25) is 0 Å². The molecule has 1 aromatic rings. The van der Waals surface area contributed by atoms with Crippen LogP contribution in [0.4, 0.5) is 4.39 Å². The van der Waals surface area contributed by atoms with Crippen molar-refractivity contribution >= 4 is 0 Å². The van der Waals surface area contributed by atoms with Crippen LogP contribution >= 0.6 is 0 Å². The molecule has 0 saturated heterocycles. The van der Waals surface area contributed by atoms with Crippen LogP contribution in [0.25, 0.3) is 0 Å². The molecule has 0 saturated carbocycles. The number of halogens is 1. The fourth-order valence-corrected chi connectivity index (χ4v) is 2.58. The fraction of sp³-hybridized carbons (Fsp3) is 0.500. The van der Waals surface area contributed by atoms with Gasteiger partial charge in [0.15, 0.2) is 0 Å². The summed E-state index contributed by atoms with van der Waals surface area (Å²) in [6, 6.07) is 5.05. The molecular weight excluding hydrogens is 225 g/mol. The molecule has 0 amide bonds. The highest BCUT2D eigenvalue weighted by Gasteiger charge is 2.16. The molecule has 2 heteroatoms. The van der Waals surface area contributed by atoms with Crippen LogP contribution < -0.4 is 5.73 Å². The zero-order valence-electron chi connectivity index (χ0n) is 11.1. The Kier molecular flexibility index (Phi) is 4.54. The molecule has 0 aromatic heterocycles. The summed E-state index contributed by atoms with van der Waals surface area (Å²) in [7, 11) is 0.